The van der Waals surface area contributed by atoms with Crippen molar-refractivity contribution in [2.24, 2.45) is 5.92 Å². The topological polar surface area (TPSA) is 54.8 Å². The van der Waals surface area contributed by atoms with Crippen molar-refractivity contribution in [3.63, 3.8) is 0 Å². The minimum Gasteiger partial charge on any atom is -0.495 e. The molecule has 6 nitrogen and oxygen atoms in total. The Balaban J connectivity index is 1.47. The van der Waals surface area contributed by atoms with E-state index in [0.29, 0.717) is 18.7 Å². The molecule has 0 bridgehead atoms. The number of hydrogen-bond acceptors (Lipinski definition) is 3. The summed E-state index contributed by atoms with van der Waals surface area (Å²) in [5.74, 6) is 1.12. The number of fused-ring (bicyclic) bond motifs is 1. The van der Waals surface area contributed by atoms with Gasteiger partial charge in [0.1, 0.15) is 5.75 Å². The fourth-order valence-corrected chi connectivity index (χ4v) is 5.25. The number of nitrogens with zero attached hydrogens (tertiary/aromatic N) is 3. The molecular formula is C31H37N3O3. The van der Waals surface area contributed by atoms with Gasteiger partial charge in [-0.05, 0) is 67.6 Å². The maximum Gasteiger partial charge on any atom is 0.254 e. The number of rotatable bonds is 4. The van der Waals surface area contributed by atoms with Gasteiger partial charge in [0.25, 0.3) is 5.91 Å². The van der Waals surface area contributed by atoms with E-state index in [1.165, 1.54) is 6.42 Å². The van der Waals surface area contributed by atoms with Gasteiger partial charge in [0.15, 0.2) is 0 Å². The average Bonchev–Trinajstić information content (AvgIpc) is 3.63. The lowest BCUT2D eigenvalue weighted by molar-refractivity contribution is -0.119. The molecule has 1 fully saturated rings. The molecule has 0 N–H and O–H groups in total. The Hall–Kier alpha value is -3.54. The maximum absolute atomic E-state index is 13.9. The van der Waals surface area contributed by atoms with Crippen LogP contribution in [0.4, 0.5) is 5.69 Å². The van der Waals surface area contributed by atoms with Crippen LogP contribution in [-0.4, -0.2) is 41.5 Å². The highest BCUT2D eigenvalue weighted by Gasteiger charge is 2.34. The van der Waals surface area contributed by atoms with Crippen molar-refractivity contribution in [2.45, 2.75) is 57.9 Å². The molecule has 37 heavy (non-hydrogen) atoms. The summed E-state index contributed by atoms with van der Waals surface area (Å²) in [7, 11) is 1.65. The number of carbonyl (C=O) groups excluding carboxylic acids is 2. The number of amides is 2. The van der Waals surface area contributed by atoms with Crippen molar-refractivity contribution in [2.75, 3.05) is 25.1 Å². The van der Waals surface area contributed by atoms with E-state index in [0.717, 1.165) is 74.2 Å². The van der Waals surface area contributed by atoms with Gasteiger partial charge in [-0.2, -0.15) is 0 Å². The van der Waals surface area contributed by atoms with E-state index >= 15 is 0 Å². The van der Waals surface area contributed by atoms with Crippen molar-refractivity contribution < 1.29 is 14.3 Å². The number of ether oxygens (including phenoxy) is 1. The van der Waals surface area contributed by atoms with Crippen molar-refractivity contribution in [1.82, 2.24) is 9.47 Å². The number of hydrogen-bond donors (Lipinski definition) is 0. The van der Waals surface area contributed by atoms with E-state index in [4.69, 9.17) is 4.74 Å². The van der Waals surface area contributed by atoms with Gasteiger partial charge in [0, 0.05) is 49.2 Å². The second-order valence-corrected chi connectivity index (χ2v) is 10.2. The lowest BCUT2D eigenvalue weighted by Gasteiger charge is -2.29. The zero-order valence-corrected chi connectivity index (χ0v) is 21.8. The lowest BCUT2D eigenvalue weighted by Crippen LogP contribution is -2.36. The summed E-state index contributed by atoms with van der Waals surface area (Å²) < 4.78 is 7.54. The van der Waals surface area contributed by atoms with E-state index in [-0.39, 0.29) is 17.7 Å². The molecule has 0 atom stereocenters. The second-order valence-electron chi connectivity index (χ2n) is 10.2. The van der Waals surface area contributed by atoms with Crippen molar-refractivity contribution >= 4 is 17.5 Å². The highest BCUT2D eigenvalue weighted by atomic mass is 16.5. The molecule has 3 aromatic rings. The van der Waals surface area contributed by atoms with Crippen molar-refractivity contribution in [3.8, 4) is 11.4 Å². The molecule has 1 aliphatic heterocycles. The van der Waals surface area contributed by atoms with Crippen LogP contribution in [0.1, 0.15) is 67.3 Å². The van der Waals surface area contributed by atoms with Gasteiger partial charge < -0.3 is 19.1 Å². The Morgan fingerprint density at radius 3 is 2.24 bits per heavy atom. The van der Waals surface area contributed by atoms with Crippen LogP contribution in [0.3, 0.4) is 0 Å². The number of benzene rings is 2. The van der Waals surface area contributed by atoms with Crippen LogP contribution in [0.25, 0.3) is 5.69 Å². The molecule has 0 radical (unpaired) electrons. The zero-order chi connectivity index (χ0) is 25.6. The third kappa shape index (κ3) is 5.90. The maximum atomic E-state index is 13.9. The molecule has 1 aliphatic carbocycles. The lowest BCUT2D eigenvalue weighted by atomic mass is 10.1. The first-order valence-corrected chi connectivity index (χ1v) is 13.7. The highest BCUT2D eigenvalue weighted by Crippen LogP contribution is 2.35. The zero-order valence-electron chi connectivity index (χ0n) is 21.8. The van der Waals surface area contributed by atoms with Crippen LogP contribution < -0.4 is 9.64 Å². The Bertz CT molecular complexity index is 1220. The van der Waals surface area contributed by atoms with Gasteiger partial charge in [-0.25, -0.2) is 0 Å². The third-order valence-corrected chi connectivity index (χ3v) is 7.49. The molecule has 2 amide bonds. The normalized spacial score (nSPS) is 17.2. The standard InChI is InChI=1S/C31H37N3O3/c1-37-29-17-16-25(22-28(29)32-18-10-11-19-32)30(35)33-20-8-4-2-3-5-9-21-34(31(36)24-14-15-24)27-13-7-6-12-26(27)23-33/h6-7,10-13,16-19,22,24H,2-5,8-9,14-15,20-21,23H2,1H3. The van der Waals surface area contributed by atoms with E-state index in [2.05, 4.69) is 12.1 Å². The Morgan fingerprint density at radius 1 is 0.811 bits per heavy atom. The smallest absolute Gasteiger partial charge is 0.254 e. The summed E-state index contributed by atoms with van der Waals surface area (Å²) in [5.41, 5.74) is 3.46. The molecule has 0 saturated heterocycles. The quantitative estimate of drug-likeness (QED) is 0.428. The van der Waals surface area contributed by atoms with Crippen molar-refractivity contribution in [3.05, 3.63) is 78.1 Å². The van der Waals surface area contributed by atoms with Gasteiger partial charge in [-0.3, -0.25) is 9.59 Å². The average molecular weight is 500 g/mol. The van der Waals surface area contributed by atoms with Gasteiger partial charge in [0.05, 0.1) is 12.8 Å². The Kier molecular flexibility index (Phi) is 7.93. The summed E-state index contributed by atoms with van der Waals surface area (Å²) in [5, 5.41) is 0. The number of para-hydroxylation sites is 1. The number of methoxy groups -OCH3 is 1. The van der Waals surface area contributed by atoms with E-state index < -0.39 is 0 Å². The second kappa shape index (κ2) is 11.7. The van der Waals surface area contributed by atoms with Crippen LogP contribution in [0, 0.1) is 5.92 Å². The molecule has 2 heterocycles. The predicted octanol–water partition coefficient (Wildman–Crippen LogP) is 6.23. The number of carbonyl (C=O) groups is 2. The molecule has 194 valence electrons. The van der Waals surface area contributed by atoms with E-state index in [9.17, 15) is 9.59 Å². The van der Waals surface area contributed by atoms with Gasteiger partial charge in [-0.1, -0.05) is 43.9 Å². The summed E-state index contributed by atoms with van der Waals surface area (Å²) in [6, 6.07) is 17.7. The van der Waals surface area contributed by atoms with Crippen LogP contribution >= 0.6 is 0 Å². The van der Waals surface area contributed by atoms with Crippen LogP contribution in [0.15, 0.2) is 67.0 Å². The molecule has 6 heteroatoms. The van der Waals surface area contributed by atoms with Crippen LogP contribution in [0.2, 0.25) is 0 Å². The highest BCUT2D eigenvalue weighted by molar-refractivity contribution is 5.98. The van der Waals surface area contributed by atoms with Crippen LogP contribution in [-0.2, 0) is 11.3 Å². The predicted molar refractivity (Wildman–Crippen MR) is 146 cm³/mol. The molecule has 1 aromatic heterocycles. The minimum absolute atomic E-state index is 0.000744. The first kappa shape index (κ1) is 25.1. The third-order valence-electron chi connectivity index (χ3n) is 7.49. The summed E-state index contributed by atoms with van der Waals surface area (Å²) in [4.78, 5) is 31.2. The number of anilines is 1. The summed E-state index contributed by atoms with van der Waals surface area (Å²) in [6.45, 7) is 1.92. The molecule has 2 aliphatic rings. The molecule has 5 rings (SSSR count). The first-order valence-electron chi connectivity index (χ1n) is 13.7. The van der Waals surface area contributed by atoms with E-state index in [1.807, 2.05) is 69.2 Å². The Morgan fingerprint density at radius 2 is 1.51 bits per heavy atom. The van der Waals surface area contributed by atoms with Crippen molar-refractivity contribution in [1.29, 1.82) is 0 Å². The Labute approximate surface area is 219 Å². The monoisotopic (exact) mass is 499 g/mol. The molecular weight excluding hydrogens is 462 g/mol. The molecule has 2 aromatic carbocycles. The molecule has 0 spiro atoms. The summed E-state index contributed by atoms with van der Waals surface area (Å²) >= 11 is 0. The van der Waals surface area contributed by atoms with Gasteiger partial charge in [0.2, 0.25) is 5.91 Å². The van der Waals surface area contributed by atoms with Gasteiger partial charge in [-0.15, -0.1) is 0 Å². The molecule has 0 unspecified atom stereocenters. The SMILES string of the molecule is COc1ccc(C(=O)N2CCCCCCCCN(C(=O)C3CC3)c3ccccc3C2)cc1-n1cccc1. The largest absolute Gasteiger partial charge is 0.495 e. The molecule has 1 saturated carbocycles. The fourth-order valence-electron chi connectivity index (χ4n) is 5.25. The fraction of sp³-hybridized carbons (Fsp3) is 0.419. The summed E-state index contributed by atoms with van der Waals surface area (Å²) in [6.07, 6.45) is 12.4. The van der Waals surface area contributed by atoms with Gasteiger partial charge >= 0.3 is 0 Å². The first-order chi connectivity index (χ1) is 18.2. The van der Waals surface area contributed by atoms with Crippen LogP contribution in [0.5, 0.6) is 5.75 Å². The van der Waals surface area contributed by atoms with E-state index in [1.54, 1.807) is 7.11 Å². The minimum atomic E-state index is 0.000744. The number of aromatic nitrogens is 1.